The second-order valence-corrected chi connectivity index (χ2v) is 6.21. The third-order valence-electron chi connectivity index (χ3n) is 3.83. The number of nitrogens with two attached hydrogens (primary N) is 1. The van der Waals surface area contributed by atoms with Crippen molar-refractivity contribution in [2.45, 2.75) is 20.4 Å². The third kappa shape index (κ3) is 2.08. The van der Waals surface area contributed by atoms with Crippen LogP contribution in [0.5, 0.6) is 0 Å². The molecule has 3 heterocycles. The van der Waals surface area contributed by atoms with E-state index in [2.05, 4.69) is 28.7 Å². The number of anilines is 1. The van der Waals surface area contributed by atoms with Gasteiger partial charge in [0.05, 0.1) is 11.9 Å². The summed E-state index contributed by atoms with van der Waals surface area (Å²) in [5.41, 5.74) is 5.97. The summed E-state index contributed by atoms with van der Waals surface area (Å²) in [7, 11) is 0. The lowest BCUT2D eigenvalue weighted by atomic mass is 10.0. The fraction of sp³-hybridized carbons (Fsp3) is 0.538. The Morgan fingerprint density at radius 3 is 2.78 bits per heavy atom. The van der Waals surface area contributed by atoms with Crippen molar-refractivity contribution in [1.82, 2.24) is 14.9 Å². The molecule has 18 heavy (non-hydrogen) atoms. The predicted octanol–water partition coefficient (Wildman–Crippen LogP) is 2.36. The molecule has 2 unspecified atom stereocenters. The van der Waals surface area contributed by atoms with Crippen LogP contribution in [-0.4, -0.2) is 28.0 Å². The third-order valence-corrected chi connectivity index (χ3v) is 4.64. The van der Waals surface area contributed by atoms with Crippen LogP contribution < -0.4 is 5.73 Å². The van der Waals surface area contributed by atoms with Gasteiger partial charge in [0.15, 0.2) is 0 Å². The lowest BCUT2D eigenvalue weighted by Gasteiger charge is -2.14. The number of nitrogen functional groups attached to an aromatic ring is 1. The van der Waals surface area contributed by atoms with Gasteiger partial charge in [0.25, 0.3) is 0 Å². The second kappa shape index (κ2) is 4.48. The van der Waals surface area contributed by atoms with Gasteiger partial charge >= 0.3 is 0 Å². The highest BCUT2D eigenvalue weighted by molar-refractivity contribution is 7.16. The van der Waals surface area contributed by atoms with Crippen LogP contribution in [0.2, 0.25) is 0 Å². The van der Waals surface area contributed by atoms with Crippen molar-refractivity contribution in [2.75, 3.05) is 18.8 Å². The summed E-state index contributed by atoms with van der Waals surface area (Å²) in [6, 6.07) is 1.99. The van der Waals surface area contributed by atoms with E-state index in [1.165, 1.54) is 0 Å². The minimum Gasteiger partial charge on any atom is -0.383 e. The van der Waals surface area contributed by atoms with Gasteiger partial charge < -0.3 is 5.73 Å². The molecule has 2 aromatic heterocycles. The molecule has 0 saturated carbocycles. The Morgan fingerprint density at radius 2 is 2.06 bits per heavy atom. The maximum Gasteiger partial charge on any atom is 0.146 e. The molecule has 2 aromatic rings. The number of fused-ring (bicyclic) bond motifs is 1. The van der Waals surface area contributed by atoms with Crippen molar-refractivity contribution < 1.29 is 0 Å². The molecule has 2 N–H and O–H groups in total. The normalized spacial score (nSPS) is 25.0. The van der Waals surface area contributed by atoms with E-state index in [-0.39, 0.29) is 0 Å². The predicted molar refractivity (Wildman–Crippen MR) is 75.4 cm³/mol. The van der Waals surface area contributed by atoms with Gasteiger partial charge in [0.1, 0.15) is 16.5 Å². The lowest BCUT2D eigenvalue weighted by Crippen LogP contribution is -2.21. The van der Waals surface area contributed by atoms with Crippen molar-refractivity contribution in [3.05, 3.63) is 17.3 Å². The molecule has 3 rings (SSSR count). The quantitative estimate of drug-likeness (QED) is 0.902. The molecule has 1 aliphatic heterocycles. The summed E-state index contributed by atoms with van der Waals surface area (Å²) in [5, 5.41) is 2.99. The number of hydrogen-bond donors (Lipinski definition) is 1. The Balaban J connectivity index is 1.82. The van der Waals surface area contributed by atoms with Crippen LogP contribution in [0.1, 0.15) is 19.7 Å². The summed E-state index contributed by atoms with van der Waals surface area (Å²) in [5.74, 6) is 2.97. The Bertz CT molecular complexity index is 555. The van der Waals surface area contributed by atoms with Crippen LogP contribution in [0, 0.1) is 11.8 Å². The van der Waals surface area contributed by atoms with Crippen molar-refractivity contribution in [3.8, 4) is 0 Å². The van der Waals surface area contributed by atoms with E-state index in [4.69, 9.17) is 5.73 Å². The van der Waals surface area contributed by atoms with Gasteiger partial charge in [-0.15, -0.1) is 11.3 Å². The zero-order valence-electron chi connectivity index (χ0n) is 10.8. The first kappa shape index (κ1) is 11.9. The van der Waals surface area contributed by atoms with E-state index in [0.29, 0.717) is 5.82 Å². The zero-order valence-corrected chi connectivity index (χ0v) is 11.6. The number of nitrogens with zero attached hydrogens (tertiary/aromatic N) is 3. The van der Waals surface area contributed by atoms with Crippen molar-refractivity contribution in [1.29, 1.82) is 0 Å². The fourth-order valence-corrected chi connectivity index (χ4v) is 3.36. The minimum atomic E-state index is 0.608. The molecule has 1 saturated heterocycles. The van der Waals surface area contributed by atoms with Crippen molar-refractivity contribution in [2.24, 2.45) is 11.8 Å². The van der Waals surface area contributed by atoms with Gasteiger partial charge in [-0.1, -0.05) is 13.8 Å². The first-order valence-electron chi connectivity index (χ1n) is 6.35. The van der Waals surface area contributed by atoms with Crippen LogP contribution in [0.25, 0.3) is 10.2 Å². The van der Waals surface area contributed by atoms with Crippen LogP contribution in [0.4, 0.5) is 5.82 Å². The largest absolute Gasteiger partial charge is 0.383 e. The van der Waals surface area contributed by atoms with E-state index in [1.807, 2.05) is 11.4 Å². The van der Waals surface area contributed by atoms with E-state index < -0.39 is 0 Å². The Morgan fingerprint density at radius 1 is 1.33 bits per heavy atom. The summed E-state index contributed by atoms with van der Waals surface area (Å²) in [4.78, 5) is 12.4. The Hall–Kier alpha value is -1.20. The monoisotopic (exact) mass is 262 g/mol. The highest BCUT2D eigenvalue weighted by atomic mass is 32.1. The highest BCUT2D eigenvalue weighted by Crippen LogP contribution is 2.26. The molecular weight excluding hydrogens is 244 g/mol. The molecule has 4 nitrogen and oxygen atoms in total. The van der Waals surface area contributed by atoms with Gasteiger partial charge in [-0.3, -0.25) is 4.90 Å². The van der Waals surface area contributed by atoms with Gasteiger partial charge in [0, 0.05) is 13.1 Å². The van der Waals surface area contributed by atoms with Crippen LogP contribution in [0.15, 0.2) is 11.4 Å². The van der Waals surface area contributed by atoms with Crippen molar-refractivity contribution in [3.63, 3.8) is 0 Å². The number of hydrogen-bond acceptors (Lipinski definition) is 5. The smallest absolute Gasteiger partial charge is 0.146 e. The highest BCUT2D eigenvalue weighted by Gasteiger charge is 2.26. The van der Waals surface area contributed by atoms with Gasteiger partial charge in [0.2, 0.25) is 0 Å². The first-order chi connectivity index (χ1) is 8.63. The first-order valence-corrected chi connectivity index (χ1v) is 7.23. The average molecular weight is 262 g/mol. The fourth-order valence-electron chi connectivity index (χ4n) is 2.57. The maximum absolute atomic E-state index is 5.97. The molecule has 1 aliphatic rings. The van der Waals surface area contributed by atoms with Gasteiger partial charge in [-0.2, -0.15) is 0 Å². The lowest BCUT2D eigenvalue weighted by molar-refractivity contribution is 0.308. The Kier molecular flexibility index (Phi) is 2.95. The van der Waals surface area contributed by atoms with E-state index in [9.17, 15) is 0 Å². The van der Waals surface area contributed by atoms with Crippen molar-refractivity contribution >= 4 is 27.4 Å². The van der Waals surface area contributed by atoms with Crippen LogP contribution in [-0.2, 0) is 6.54 Å². The molecule has 1 fully saturated rings. The molecule has 0 spiro atoms. The SMILES string of the molecule is CC1CN(Cc2nc(N)c3ccsc3n2)CC1C. The number of likely N-dealkylation sites (tertiary alicyclic amines) is 1. The summed E-state index contributed by atoms with van der Waals surface area (Å²) < 4.78 is 0. The maximum atomic E-state index is 5.97. The number of thiophene rings is 1. The molecule has 0 aliphatic carbocycles. The Labute approximate surface area is 111 Å². The topological polar surface area (TPSA) is 55.0 Å². The molecule has 0 bridgehead atoms. The number of aromatic nitrogens is 2. The molecule has 96 valence electrons. The van der Waals surface area contributed by atoms with Crippen LogP contribution >= 0.6 is 11.3 Å². The van der Waals surface area contributed by atoms with Gasteiger partial charge in [-0.25, -0.2) is 9.97 Å². The summed E-state index contributed by atoms with van der Waals surface area (Å²) in [6.45, 7) is 7.69. The van der Waals surface area contributed by atoms with Crippen LogP contribution in [0.3, 0.4) is 0 Å². The van der Waals surface area contributed by atoms with Gasteiger partial charge in [-0.05, 0) is 23.3 Å². The molecule has 0 aromatic carbocycles. The summed E-state index contributed by atoms with van der Waals surface area (Å²) in [6.07, 6.45) is 0. The molecule has 5 heteroatoms. The molecule has 0 radical (unpaired) electrons. The molecule has 0 amide bonds. The molecular formula is C13H18N4S. The zero-order chi connectivity index (χ0) is 12.7. The second-order valence-electron chi connectivity index (χ2n) is 5.31. The van der Waals surface area contributed by atoms with E-state index in [0.717, 1.165) is 47.5 Å². The standard InChI is InChI=1S/C13H18N4S/c1-8-5-17(6-9(8)2)7-11-15-12(14)10-3-4-18-13(10)16-11/h3-4,8-9H,5-7H2,1-2H3,(H2,14,15,16). The minimum absolute atomic E-state index is 0.608. The van der Waals surface area contributed by atoms with E-state index >= 15 is 0 Å². The average Bonchev–Trinajstić information content (AvgIpc) is 2.87. The van der Waals surface area contributed by atoms with E-state index in [1.54, 1.807) is 11.3 Å². The molecule has 2 atom stereocenters. The summed E-state index contributed by atoms with van der Waals surface area (Å²) >= 11 is 1.63. The number of rotatable bonds is 2.